The predicted molar refractivity (Wildman–Crippen MR) is 485 cm³/mol. The van der Waals surface area contributed by atoms with E-state index in [0.29, 0.717) is 5.46 Å². The maximum Gasteiger partial charge on any atom is 0.489 e. The van der Waals surface area contributed by atoms with Gasteiger partial charge in [-0.1, -0.05) is 362 Å². The maximum absolute atomic E-state index is 10.2. The number of hydrogen-bond donors (Lipinski definition) is 2. The molecule has 0 saturated heterocycles. The summed E-state index contributed by atoms with van der Waals surface area (Å²) in [6.07, 6.45) is 0. The fraction of sp³-hybridized carbons (Fsp3) is 0. The number of hydrogen-bond acceptors (Lipinski definition) is 2. The second-order valence-electron chi connectivity index (χ2n) is 29.3. The Labute approximate surface area is 657 Å². The van der Waals surface area contributed by atoms with Crippen LogP contribution >= 0.6 is 15.9 Å². The Balaban J connectivity index is 0.000000120. The van der Waals surface area contributed by atoms with E-state index in [0.717, 1.165) is 42.7 Å². The van der Waals surface area contributed by atoms with Gasteiger partial charge in [-0.3, -0.25) is 0 Å². The highest BCUT2D eigenvalue weighted by atomic mass is 79.9. The van der Waals surface area contributed by atoms with E-state index in [1.165, 1.54) is 169 Å². The highest BCUT2D eigenvalue weighted by molar-refractivity contribution is 9.10. The van der Waals surface area contributed by atoms with Crippen LogP contribution in [0, 0.1) is 0 Å². The summed E-state index contributed by atoms with van der Waals surface area (Å²) >= 11 is 3.54. The molecule has 22 aromatic carbocycles. The Morgan fingerprint density at radius 3 is 0.768 bits per heavy atom. The Morgan fingerprint density at radius 1 is 0.152 bits per heavy atom. The Kier molecular flexibility index (Phi) is 17.4. The van der Waals surface area contributed by atoms with Crippen molar-refractivity contribution in [2.24, 2.45) is 0 Å². The zero-order valence-electron chi connectivity index (χ0n) is 61.1. The van der Waals surface area contributed by atoms with Crippen molar-refractivity contribution in [2.45, 2.75) is 0 Å². The van der Waals surface area contributed by atoms with Gasteiger partial charge < -0.3 is 10.0 Å². The second kappa shape index (κ2) is 28.8. The molecule has 2 nitrogen and oxygen atoms in total. The lowest BCUT2D eigenvalue weighted by Crippen LogP contribution is -2.31. The van der Waals surface area contributed by atoms with Crippen molar-refractivity contribution in [1.82, 2.24) is 0 Å². The van der Waals surface area contributed by atoms with E-state index < -0.39 is 7.12 Å². The fourth-order valence-corrected chi connectivity index (χ4v) is 17.7. The Bertz CT molecular complexity index is 7410. The molecule has 0 heterocycles. The summed E-state index contributed by atoms with van der Waals surface area (Å²) in [5.74, 6) is 0. The topological polar surface area (TPSA) is 40.5 Å². The number of halogens is 1. The molecule has 0 aliphatic heterocycles. The van der Waals surface area contributed by atoms with Crippen molar-refractivity contribution >= 4 is 158 Å². The fourth-order valence-electron chi connectivity index (χ4n) is 17.3. The number of fused-ring (bicyclic) bond motifs is 14. The molecule has 112 heavy (non-hydrogen) atoms. The zero-order valence-corrected chi connectivity index (χ0v) is 62.7. The summed E-state index contributed by atoms with van der Waals surface area (Å²) in [6, 6.07) is 149. The van der Waals surface area contributed by atoms with Crippen LogP contribution in [0.5, 0.6) is 0 Å². The first kappa shape index (κ1) is 67.8. The van der Waals surface area contributed by atoms with Crippen molar-refractivity contribution in [3.63, 3.8) is 0 Å². The Hall–Kier alpha value is -13.6. The molecule has 0 atom stereocenters. The molecule has 4 heteroatoms. The molecule has 0 unspecified atom stereocenters. The van der Waals surface area contributed by atoms with Crippen molar-refractivity contribution in [3.8, 4) is 77.9 Å². The third-order valence-electron chi connectivity index (χ3n) is 22.7. The van der Waals surface area contributed by atoms with Gasteiger partial charge in [-0.05, 0) is 279 Å². The smallest absolute Gasteiger partial charge is 0.423 e. The van der Waals surface area contributed by atoms with Crippen molar-refractivity contribution in [2.75, 3.05) is 0 Å². The van der Waals surface area contributed by atoms with E-state index in [1.807, 2.05) is 36.4 Å². The summed E-state index contributed by atoms with van der Waals surface area (Å²) in [5, 5.41) is 49.5. The predicted octanol–water partition coefficient (Wildman–Crippen LogP) is 29.0. The molecule has 22 aromatic rings. The van der Waals surface area contributed by atoms with Crippen LogP contribution in [0.1, 0.15) is 0 Å². The average Bonchev–Trinajstić information content (AvgIpc) is 0.731. The minimum atomic E-state index is -1.54. The number of rotatable bonds is 8. The van der Waals surface area contributed by atoms with E-state index in [-0.39, 0.29) is 0 Å². The minimum Gasteiger partial charge on any atom is -0.423 e. The van der Waals surface area contributed by atoms with Gasteiger partial charge in [0.15, 0.2) is 0 Å². The molecule has 0 amide bonds. The molecule has 0 aromatic heterocycles. The van der Waals surface area contributed by atoms with Crippen molar-refractivity contribution in [3.05, 3.63) is 417 Å². The van der Waals surface area contributed by atoms with Gasteiger partial charge in [-0.2, -0.15) is 0 Å². The molecule has 22 rings (SSSR count). The SMILES string of the molecule is Brc1ccc2cc(-c3ccc4c(ccc5ccccc54)c3)ccc2c1.OB(O)c1c2ccccc2c(-c2cccc(-c3ccc4ccccc4c3)c2)c2ccccc12.c1cc(-c2ccc3ccccc3c2)cc(-c2c3ccccc3c(-c3ccc4cc(-c5ccc6c(ccc7ccccc76)c5)ccc4c3)c3ccccc23)c1. The molecule has 0 spiro atoms. The van der Waals surface area contributed by atoms with E-state index in [9.17, 15) is 10.0 Å². The average molecular weight is 1490 g/mol. The van der Waals surface area contributed by atoms with Gasteiger partial charge in [-0.25, -0.2) is 0 Å². The summed E-state index contributed by atoms with van der Waals surface area (Å²) in [7, 11) is -1.54. The van der Waals surface area contributed by atoms with E-state index >= 15 is 0 Å². The third-order valence-corrected chi connectivity index (χ3v) is 23.2. The van der Waals surface area contributed by atoms with Gasteiger partial charge in [0.05, 0.1) is 0 Å². The van der Waals surface area contributed by atoms with Gasteiger partial charge in [0.2, 0.25) is 0 Å². The van der Waals surface area contributed by atoms with E-state index in [4.69, 9.17) is 0 Å². The molecular weight excluding hydrogens is 1420 g/mol. The lowest BCUT2D eigenvalue weighted by molar-refractivity contribution is 0.426. The molecule has 2 N–H and O–H groups in total. The summed E-state index contributed by atoms with van der Waals surface area (Å²) < 4.78 is 1.12. The number of benzene rings is 22. The van der Waals surface area contributed by atoms with Crippen molar-refractivity contribution < 1.29 is 10.0 Å². The molecular formula is C108H70BBrO2. The maximum atomic E-state index is 10.2. The molecule has 0 fully saturated rings. The van der Waals surface area contributed by atoms with Gasteiger partial charge in [0.1, 0.15) is 0 Å². The zero-order chi connectivity index (χ0) is 74.8. The first-order chi connectivity index (χ1) is 55.2. The van der Waals surface area contributed by atoms with Crippen LogP contribution in [0.25, 0.3) is 207 Å². The highest BCUT2D eigenvalue weighted by Gasteiger charge is 2.24. The van der Waals surface area contributed by atoms with Crippen LogP contribution in [0.4, 0.5) is 0 Å². The van der Waals surface area contributed by atoms with Crippen LogP contribution in [-0.2, 0) is 0 Å². The van der Waals surface area contributed by atoms with E-state index in [1.54, 1.807) is 0 Å². The summed E-state index contributed by atoms with van der Waals surface area (Å²) in [4.78, 5) is 0. The van der Waals surface area contributed by atoms with Crippen LogP contribution in [0.3, 0.4) is 0 Å². The Morgan fingerprint density at radius 2 is 0.375 bits per heavy atom. The third kappa shape index (κ3) is 12.6. The van der Waals surface area contributed by atoms with Gasteiger partial charge in [-0.15, -0.1) is 0 Å². The molecule has 0 aliphatic rings. The van der Waals surface area contributed by atoms with E-state index in [2.05, 4.69) is 392 Å². The molecule has 0 radical (unpaired) electrons. The molecule has 524 valence electrons. The monoisotopic (exact) mass is 1490 g/mol. The molecule has 0 saturated carbocycles. The van der Waals surface area contributed by atoms with Crippen LogP contribution < -0.4 is 5.46 Å². The summed E-state index contributed by atoms with van der Waals surface area (Å²) in [6.45, 7) is 0. The highest BCUT2D eigenvalue weighted by Crippen LogP contribution is 2.46. The quantitative estimate of drug-likeness (QED) is 0.0904. The van der Waals surface area contributed by atoms with Gasteiger partial charge >= 0.3 is 7.12 Å². The van der Waals surface area contributed by atoms with Crippen LogP contribution in [0.15, 0.2) is 417 Å². The molecule has 0 aliphatic carbocycles. The lowest BCUT2D eigenvalue weighted by atomic mass is 9.72. The van der Waals surface area contributed by atoms with Gasteiger partial charge in [0, 0.05) is 4.47 Å². The minimum absolute atomic E-state index is 0.552. The van der Waals surface area contributed by atoms with Crippen LogP contribution in [-0.4, -0.2) is 17.2 Å². The first-order valence-electron chi connectivity index (χ1n) is 38.2. The van der Waals surface area contributed by atoms with Gasteiger partial charge in [0.25, 0.3) is 0 Å². The second-order valence-corrected chi connectivity index (χ2v) is 30.2. The largest absolute Gasteiger partial charge is 0.489 e. The molecule has 0 bridgehead atoms. The standard InChI is InChI=1S/C54H34.C30H21BO2.C24H15Br/c1-2-12-37-30-39(22-20-35(37)10-1)38-13-9-14-45(33-38)53-49-16-5-7-18-51(49)54(52-19-8-6-17-50(52)53)46-27-25-41-31-40(23-24-42(41)34-46)43-28-29-48-44(32-43)26-21-36-11-3-4-15-47(36)48;32-31(33)30-27-14-5-3-12-25(27)29(26-13-4-6-15-28(26)30)24-11-7-10-22(19-24)23-17-16-20-8-1-2-9-21(20)18-23;25-22-11-9-18-13-17(6-7-20(18)15-22)19-10-12-24-21(14-19)8-5-16-3-1-2-4-23(16)24/h1-34H;1-19,32-33H;1-15H. The summed E-state index contributed by atoms with van der Waals surface area (Å²) in [5.41, 5.74) is 17.5. The first-order valence-corrected chi connectivity index (χ1v) is 39.0. The normalized spacial score (nSPS) is 11.5. The van der Waals surface area contributed by atoms with Crippen LogP contribution in [0.2, 0.25) is 0 Å². The lowest BCUT2D eigenvalue weighted by Gasteiger charge is -2.18. The van der Waals surface area contributed by atoms with Crippen molar-refractivity contribution in [1.29, 1.82) is 0 Å².